The van der Waals surface area contributed by atoms with Crippen LogP contribution in [0.3, 0.4) is 0 Å². The number of rotatable bonds is 49. The predicted molar refractivity (Wildman–Crippen MR) is 282 cm³/mol. The zero-order valence-electron chi connectivity index (χ0n) is 44.0. The molecule has 1 amide bonds. The Morgan fingerprint density at radius 3 is 1.28 bits per heavy atom. The summed E-state index contributed by atoms with van der Waals surface area (Å²) in [6.45, 7) is 3.60. The normalized spacial score (nSPS) is 20.3. The van der Waals surface area contributed by atoms with Crippen molar-refractivity contribution in [1.29, 1.82) is 0 Å². The number of ether oxygens (including phenoxy) is 2. The van der Waals surface area contributed by atoms with Gasteiger partial charge in [-0.2, -0.15) is 0 Å². The number of aliphatic hydroxyl groups excluding tert-OH is 6. The van der Waals surface area contributed by atoms with E-state index >= 15 is 0 Å². The van der Waals surface area contributed by atoms with Crippen LogP contribution in [-0.4, -0.2) is 98.7 Å². The van der Waals surface area contributed by atoms with Crippen molar-refractivity contribution in [2.24, 2.45) is 0 Å². The third-order valence-electron chi connectivity index (χ3n) is 13.8. The lowest BCUT2D eigenvalue weighted by atomic mass is 9.99. The van der Waals surface area contributed by atoms with Crippen molar-refractivity contribution in [2.75, 3.05) is 13.2 Å². The van der Waals surface area contributed by atoms with E-state index in [9.17, 15) is 35.4 Å². The number of carbonyl (C=O) groups is 1. The third-order valence-corrected chi connectivity index (χ3v) is 13.8. The molecule has 0 aliphatic carbocycles. The molecule has 0 radical (unpaired) electrons. The minimum atomic E-state index is -1.61. The number of hydrogen-bond donors (Lipinski definition) is 7. The fourth-order valence-electron chi connectivity index (χ4n) is 9.12. The summed E-state index contributed by atoms with van der Waals surface area (Å²) in [5.74, 6) is -0.624. The number of nitrogens with one attached hydrogen (secondary N) is 1. The van der Waals surface area contributed by atoms with Gasteiger partial charge < -0.3 is 45.4 Å². The molecule has 1 rings (SSSR count). The predicted octanol–water partition coefficient (Wildman–Crippen LogP) is 12.9. The lowest BCUT2D eigenvalue weighted by molar-refractivity contribution is -0.302. The second-order valence-corrected chi connectivity index (χ2v) is 20.2. The molecule has 8 atom stereocenters. The number of aliphatic hydroxyl groups is 6. The van der Waals surface area contributed by atoms with Crippen LogP contribution >= 0.6 is 0 Å². The van der Waals surface area contributed by atoms with Crippen molar-refractivity contribution in [3.8, 4) is 0 Å². The number of unbranched alkanes of at least 4 members (excludes halogenated alkanes) is 34. The molecule has 1 aliphatic heterocycles. The van der Waals surface area contributed by atoms with Crippen LogP contribution in [0.1, 0.15) is 264 Å². The van der Waals surface area contributed by atoms with Gasteiger partial charge in [0, 0.05) is 0 Å². The fourth-order valence-corrected chi connectivity index (χ4v) is 9.12. The monoisotopic (exact) mass is 964 g/mol. The van der Waals surface area contributed by atoms with E-state index in [1.807, 2.05) is 6.08 Å². The summed E-state index contributed by atoms with van der Waals surface area (Å²) in [4.78, 5) is 13.1. The van der Waals surface area contributed by atoms with E-state index in [4.69, 9.17) is 9.47 Å². The van der Waals surface area contributed by atoms with Crippen LogP contribution < -0.4 is 5.32 Å². The first-order chi connectivity index (χ1) is 33.3. The van der Waals surface area contributed by atoms with Crippen LogP contribution in [0.2, 0.25) is 0 Å². The molecule has 0 bridgehead atoms. The highest BCUT2D eigenvalue weighted by Crippen LogP contribution is 2.23. The summed E-state index contributed by atoms with van der Waals surface area (Å²) < 4.78 is 11.2. The SMILES string of the molecule is CCCCCCCCC/C=C/CC/C=C/C(O)C(COC1OC(CO)C(O)C(O)C1O)NC(=O)C(O)CCCCCCCCCCCCCCCC/C=C\CCCCCCCCCCCCCC. The maximum atomic E-state index is 13.1. The van der Waals surface area contributed by atoms with Crippen LogP contribution in [0.15, 0.2) is 36.5 Å². The molecule has 7 N–H and O–H groups in total. The molecular weight excluding hydrogens is 855 g/mol. The number of amides is 1. The molecule has 10 nitrogen and oxygen atoms in total. The second kappa shape index (κ2) is 47.7. The Balaban J connectivity index is 2.19. The molecule has 0 aromatic rings. The average Bonchev–Trinajstić information content (AvgIpc) is 3.34. The molecule has 0 aromatic carbocycles. The van der Waals surface area contributed by atoms with E-state index in [0.717, 1.165) is 32.1 Å². The van der Waals surface area contributed by atoms with Crippen molar-refractivity contribution in [1.82, 2.24) is 5.32 Å². The molecule has 10 heteroatoms. The molecule has 68 heavy (non-hydrogen) atoms. The zero-order chi connectivity index (χ0) is 49.6. The molecule has 1 heterocycles. The highest BCUT2D eigenvalue weighted by Gasteiger charge is 2.44. The molecule has 8 unspecified atom stereocenters. The lowest BCUT2D eigenvalue weighted by Gasteiger charge is -2.40. The van der Waals surface area contributed by atoms with Gasteiger partial charge in [0.2, 0.25) is 5.91 Å². The Morgan fingerprint density at radius 2 is 0.868 bits per heavy atom. The molecule has 0 aromatic heterocycles. The van der Waals surface area contributed by atoms with Crippen molar-refractivity contribution in [2.45, 2.75) is 313 Å². The smallest absolute Gasteiger partial charge is 0.249 e. The molecule has 1 saturated heterocycles. The van der Waals surface area contributed by atoms with E-state index in [0.29, 0.717) is 19.3 Å². The van der Waals surface area contributed by atoms with Crippen LogP contribution in [0.25, 0.3) is 0 Å². The summed E-state index contributed by atoms with van der Waals surface area (Å²) in [6, 6.07) is -0.996. The maximum Gasteiger partial charge on any atom is 0.249 e. The molecular formula is C58H109NO9. The fraction of sp³-hybridized carbons (Fsp3) is 0.879. The van der Waals surface area contributed by atoms with E-state index in [1.165, 1.54) is 199 Å². The minimum Gasteiger partial charge on any atom is -0.394 e. The van der Waals surface area contributed by atoms with E-state index in [1.54, 1.807) is 6.08 Å². The first-order valence-corrected chi connectivity index (χ1v) is 28.8. The standard InChI is InChI=1S/C58H109NO9/c1-3-5-7-9-11-13-15-17-18-19-20-21-22-23-24-25-26-27-28-29-30-31-32-33-35-37-39-41-43-45-47-52(62)57(66)59-50(49-67-58-56(65)55(64)54(63)53(48-60)68-58)51(61)46-44-42-40-38-36-34-16-14-12-10-8-6-4-2/h23-24,36,38,44,46,50-56,58,60-65H,3-22,25-35,37,39-43,45,47-49H2,1-2H3,(H,59,66)/b24-23-,38-36+,46-44+. The lowest BCUT2D eigenvalue weighted by Crippen LogP contribution is -2.60. The van der Waals surface area contributed by atoms with Gasteiger partial charge in [-0.1, -0.05) is 243 Å². The Labute approximate surface area is 417 Å². The summed E-state index contributed by atoms with van der Waals surface area (Å²) in [7, 11) is 0. The summed E-state index contributed by atoms with van der Waals surface area (Å²) in [5, 5.41) is 64.9. The first-order valence-electron chi connectivity index (χ1n) is 28.8. The molecule has 0 spiro atoms. The van der Waals surface area contributed by atoms with Gasteiger partial charge in [-0.3, -0.25) is 4.79 Å². The van der Waals surface area contributed by atoms with E-state index in [-0.39, 0.29) is 6.61 Å². The molecule has 1 fully saturated rings. The first kappa shape index (κ1) is 64.4. The minimum absolute atomic E-state index is 0.305. The van der Waals surface area contributed by atoms with E-state index < -0.39 is 61.5 Å². The average molecular weight is 965 g/mol. The van der Waals surface area contributed by atoms with Crippen LogP contribution in [0, 0.1) is 0 Å². The quantitative estimate of drug-likeness (QED) is 0.0232. The summed E-state index contributed by atoms with van der Waals surface area (Å²) in [6.07, 6.45) is 51.2. The van der Waals surface area contributed by atoms with Crippen molar-refractivity contribution in [3.05, 3.63) is 36.5 Å². The molecule has 1 aliphatic rings. The molecule has 0 saturated carbocycles. The Hall–Kier alpha value is -1.63. The van der Waals surface area contributed by atoms with Crippen molar-refractivity contribution < 1.29 is 44.9 Å². The van der Waals surface area contributed by atoms with Crippen LogP contribution in [0.4, 0.5) is 0 Å². The van der Waals surface area contributed by atoms with Gasteiger partial charge >= 0.3 is 0 Å². The largest absolute Gasteiger partial charge is 0.394 e. The maximum absolute atomic E-state index is 13.1. The van der Waals surface area contributed by atoms with Crippen LogP contribution in [0.5, 0.6) is 0 Å². The van der Waals surface area contributed by atoms with Gasteiger partial charge in [0.1, 0.15) is 30.5 Å². The van der Waals surface area contributed by atoms with Gasteiger partial charge in [0.05, 0.1) is 25.4 Å². The second-order valence-electron chi connectivity index (χ2n) is 20.2. The Kier molecular flexibility index (Phi) is 45.1. The third kappa shape index (κ3) is 36.3. The van der Waals surface area contributed by atoms with Gasteiger partial charge in [0.25, 0.3) is 0 Å². The van der Waals surface area contributed by atoms with Gasteiger partial charge in [-0.05, 0) is 57.8 Å². The zero-order valence-corrected chi connectivity index (χ0v) is 44.0. The van der Waals surface area contributed by atoms with Gasteiger partial charge in [-0.25, -0.2) is 0 Å². The van der Waals surface area contributed by atoms with Gasteiger partial charge in [-0.15, -0.1) is 0 Å². The van der Waals surface area contributed by atoms with Crippen LogP contribution in [-0.2, 0) is 14.3 Å². The summed E-state index contributed by atoms with van der Waals surface area (Å²) >= 11 is 0. The summed E-state index contributed by atoms with van der Waals surface area (Å²) in [5.41, 5.74) is 0. The van der Waals surface area contributed by atoms with Crippen molar-refractivity contribution in [3.63, 3.8) is 0 Å². The Bertz CT molecular complexity index is 1180. The van der Waals surface area contributed by atoms with E-state index in [2.05, 4.69) is 43.5 Å². The highest BCUT2D eigenvalue weighted by molar-refractivity contribution is 5.80. The highest BCUT2D eigenvalue weighted by atomic mass is 16.7. The number of hydrogen-bond acceptors (Lipinski definition) is 9. The van der Waals surface area contributed by atoms with Crippen molar-refractivity contribution >= 4 is 5.91 Å². The Morgan fingerprint density at radius 1 is 0.500 bits per heavy atom. The number of carbonyl (C=O) groups excluding carboxylic acids is 1. The van der Waals surface area contributed by atoms with Gasteiger partial charge in [0.15, 0.2) is 6.29 Å². The topological polar surface area (TPSA) is 169 Å². The number of allylic oxidation sites excluding steroid dienone is 5. The molecule has 400 valence electrons.